The quantitative estimate of drug-likeness (QED) is 0.0521. The predicted octanol–water partition coefficient (Wildman–Crippen LogP) is 6.65. The van der Waals surface area contributed by atoms with Crippen LogP contribution in [-0.4, -0.2) is 70.6 Å². The molecule has 0 aromatic carbocycles. The molecule has 250 valence electrons. The van der Waals surface area contributed by atoms with Crippen molar-refractivity contribution in [2.24, 2.45) is 0 Å². The van der Waals surface area contributed by atoms with E-state index in [9.17, 15) is 9.59 Å². The molecule has 42 heavy (non-hydrogen) atoms. The van der Waals surface area contributed by atoms with Gasteiger partial charge < -0.3 is 26.6 Å². The molecule has 1 amide bonds. The molecule has 0 heterocycles. The summed E-state index contributed by atoms with van der Waals surface area (Å²) >= 11 is 0. The summed E-state index contributed by atoms with van der Waals surface area (Å²) in [7, 11) is 0. The van der Waals surface area contributed by atoms with Crippen LogP contribution in [0.3, 0.4) is 0 Å². The lowest BCUT2D eigenvalue weighted by Crippen LogP contribution is -2.28. The fourth-order valence-electron chi connectivity index (χ4n) is 5.07. The van der Waals surface area contributed by atoms with Crippen LogP contribution in [0.5, 0.6) is 0 Å². The molecule has 0 fully saturated rings. The number of unbranched alkanes of at least 4 members (excludes halogenated alkanes) is 12. The van der Waals surface area contributed by atoms with E-state index >= 15 is 0 Å². The SMILES string of the molecule is CCCCCCCCC(=O)CCCCNCCCNCCCCNCCCNCCCNC(=O)CCCCCCCC. The monoisotopic (exact) mass is 596 g/mol. The van der Waals surface area contributed by atoms with E-state index < -0.39 is 0 Å². The molecule has 0 saturated heterocycles. The van der Waals surface area contributed by atoms with Crippen LogP contribution in [0.2, 0.25) is 0 Å². The molecule has 5 N–H and O–H groups in total. The van der Waals surface area contributed by atoms with Gasteiger partial charge in [-0.05, 0) is 110 Å². The highest BCUT2D eigenvalue weighted by atomic mass is 16.1. The molecule has 0 radical (unpaired) electrons. The second kappa shape index (κ2) is 36.2. The highest BCUT2D eigenvalue weighted by Gasteiger charge is 2.02. The Bertz CT molecular complexity index is 513. The van der Waals surface area contributed by atoms with Crippen molar-refractivity contribution >= 4 is 11.7 Å². The van der Waals surface area contributed by atoms with E-state index in [-0.39, 0.29) is 5.91 Å². The highest BCUT2D eigenvalue weighted by Crippen LogP contribution is 2.09. The number of carbonyl (C=O) groups is 2. The summed E-state index contributed by atoms with van der Waals surface area (Å²) in [6.45, 7) is 13.7. The third kappa shape index (κ3) is 35.2. The van der Waals surface area contributed by atoms with Gasteiger partial charge in [-0.3, -0.25) is 9.59 Å². The van der Waals surface area contributed by atoms with Gasteiger partial charge in [-0.25, -0.2) is 0 Å². The summed E-state index contributed by atoms with van der Waals surface area (Å²) < 4.78 is 0. The zero-order chi connectivity index (χ0) is 30.6. The topological polar surface area (TPSA) is 94.3 Å². The smallest absolute Gasteiger partial charge is 0.219 e. The Balaban J connectivity index is 3.15. The molecule has 0 atom stereocenters. The summed E-state index contributed by atoms with van der Waals surface area (Å²) in [6, 6.07) is 0. The second-order valence-electron chi connectivity index (χ2n) is 12.1. The summed E-state index contributed by atoms with van der Waals surface area (Å²) in [4.78, 5) is 23.8. The minimum absolute atomic E-state index is 0.215. The molecule has 0 aliphatic rings. The fraction of sp³-hybridized carbons (Fsp3) is 0.943. The lowest BCUT2D eigenvalue weighted by Gasteiger charge is -2.08. The maximum absolute atomic E-state index is 11.9. The molecule has 0 spiro atoms. The van der Waals surface area contributed by atoms with E-state index in [1.54, 1.807) is 0 Å². The zero-order valence-electron chi connectivity index (χ0n) is 28.2. The van der Waals surface area contributed by atoms with Crippen molar-refractivity contribution in [3.05, 3.63) is 0 Å². The van der Waals surface area contributed by atoms with Crippen LogP contribution < -0.4 is 26.6 Å². The van der Waals surface area contributed by atoms with Gasteiger partial charge in [0.05, 0.1) is 0 Å². The first kappa shape index (κ1) is 41.0. The van der Waals surface area contributed by atoms with Gasteiger partial charge in [0.1, 0.15) is 5.78 Å². The number of ketones is 1. The molecular weight excluding hydrogens is 522 g/mol. The minimum Gasteiger partial charge on any atom is -0.356 e. The molecule has 0 aliphatic carbocycles. The van der Waals surface area contributed by atoms with Gasteiger partial charge in [0, 0.05) is 25.8 Å². The van der Waals surface area contributed by atoms with Crippen molar-refractivity contribution in [1.29, 1.82) is 0 Å². The number of amides is 1. The van der Waals surface area contributed by atoms with Gasteiger partial charge >= 0.3 is 0 Å². The fourth-order valence-corrected chi connectivity index (χ4v) is 5.07. The van der Waals surface area contributed by atoms with Crippen LogP contribution in [-0.2, 0) is 9.59 Å². The first-order valence-electron chi connectivity index (χ1n) is 18.3. The minimum atomic E-state index is 0.215. The number of carbonyl (C=O) groups excluding carboxylic acids is 2. The van der Waals surface area contributed by atoms with Crippen LogP contribution in [0.4, 0.5) is 0 Å². The number of nitrogens with one attached hydrogen (secondary N) is 5. The molecule has 7 heteroatoms. The third-order valence-electron chi connectivity index (χ3n) is 7.85. The normalized spacial score (nSPS) is 11.3. The Hall–Kier alpha value is -1.02. The Morgan fingerprint density at radius 2 is 0.690 bits per heavy atom. The molecule has 0 aliphatic heterocycles. The van der Waals surface area contributed by atoms with Gasteiger partial charge in [0.25, 0.3) is 0 Å². The summed E-state index contributed by atoms with van der Waals surface area (Å²) in [5.74, 6) is 0.678. The average molecular weight is 596 g/mol. The molecule has 0 rings (SSSR count). The van der Waals surface area contributed by atoms with E-state index in [1.807, 2.05) is 0 Å². The maximum atomic E-state index is 11.9. The van der Waals surface area contributed by atoms with Crippen LogP contribution in [0.25, 0.3) is 0 Å². The van der Waals surface area contributed by atoms with E-state index in [4.69, 9.17) is 0 Å². The molecule has 7 nitrogen and oxygen atoms in total. The van der Waals surface area contributed by atoms with Crippen LogP contribution >= 0.6 is 0 Å². The number of hydrogen-bond donors (Lipinski definition) is 5. The molecule has 0 bridgehead atoms. The highest BCUT2D eigenvalue weighted by molar-refractivity contribution is 5.78. The zero-order valence-corrected chi connectivity index (χ0v) is 28.2. The lowest BCUT2D eigenvalue weighted by molar-refractivity contribution is -0.121. The van der Waals surface area contributed by atoms with E-state index in [1.165, 1.54) is 77.0 Å². The van der Waals surface area contributed by atoms with Gasteiger partial charge in [-0.1, -0.05) is 78.1 Å². The number of hydrogen-bond acceptors (Lipinski definition) is 6. The summed E-state index contributed by atoms with van der Waals surface area (Å²) in [5.41, 5.74) is 0. The number of Topliss-reactive ketones (excluding diaryl/α,β-unsaturated/α-hetero) is 1. The molecule has 0 aromatic heterocycles. The van der Waals surface area contributed by atoms with Gasteiger partial charge in [-0.15, -0.1) is 0 Å². The Labute approximate surface area is 261 Å². The van der Waals surface area contributed by atoms with E-state index in [0.717, 1.165) is 117 Å². The van der Waals surface area contributed by atoms with Crippen molar-refractivity contribution in [2.75, 3.05) is 58.9 Å². The van der Waals surface area contributed by atoms with Gasteiger partial charge in [-0.2, -0.15) is 0 Å². The Morgan fingerprint density at radius 3 is 1.17 bits per heavy atom. The van der Waals surface area contributed by atoms with E-state index in [2.05, 4.69) is 40.4 Å². The van der Waals surface area contributed by atoms with Crippen molar-refractivity contribution in [1.82, 2.24) is 26.6 Å². The predicted molar refractivity (Wildman–Crippen MR) is 182 cm³/mol. The maximum Gasteiger partial charge on any atom is 0.219 e. The van der Waals surface area contributed by atoms with Crippen LogP contribution in [0.1, 0.15) is 155 Å². The Morgan fingerprint density at radius 1 is 0.357 bits per heavy atom. The first-order chi connectivity index (χ1) is 20.7. The van der Waals surface area contributed by atoms with Gasteiger partial charge in [0.2, 0.25) is 5.91 Å². The standard InChI is InChI=1S/C35H73N5O2/c1-3-5-7-9-11-13-22-34(41)23-15-16-25-36-28-19-29-37-26-17-18-27-38-30-20-31-39-32-21-33-40-35(42)24-14-12-10-8-6-4-2/h36-39H,3-33H2,1-2H3,(H,40,42). The summed E-state index contributed by atoms with van der Waals surface area (Å²) in [6.07, 6.45) is 25.1. The third-order valence-corrected chi connectivity index (χ3v) is 7.85. The van der Waals surface area contributed by atoms with Crippen molar-refractivity contribution in [3.8, 4) is 0 Å². The second-order valence-corrected chi connectivity index (χ2v) is 12.1. The van der Waals surface area contributed by atoms with E-state index in [0.29, 0.717) is 12.2 Å². The summed E-state index contributed by atoms with van der Waals surface area (Å²) in [5, 5.41) is 17.1. The Kier molecular flexibility index (Phi) is 35.3. The van der Waals surface area contributed by atoms with Crippen molar-refractivity contribution in [3.63, 3.8) is 0 Å². The number of rotatable bonds is 36. The molecule has 0 saturated carbocycles. The molecule has 0 aromatic rings. The average Bonchev–Trinajstić information content (AvgIpc) is 2.99. The van der Waals surface area contributed by atoms with Crippen molar-refractivity contribution < 1.29 is 9.59 Å². The lowest BCUT2D eigenvalue weighted by atomic mass is 10.0. The molecule has 0 unspecified atom stereocenters. The van der Waals surface area contributed by atoms with Crippen LogP contribution in [0, 0.1) is 0 Å². The van der Waals surface area contributed by atoms with Crippen molar-refractivity contribution in [2.45, 2.75) is 155 Å². The first-order valence-corrected chi connectivity index (χ1v) is 18.3. The largest absolute Gasteiger partial charge is 0.356 e. The van der Waals surface area contributed by atoms with Gasteiger partial charge in [0.15, 0.2) is 0 Å². The molecular formula is C35H73N5O2. The van der Waals surface area contributed by atoms with Crippen LogP contribution in [0.15, 0.2) is 0 Å².